The van der Waals surface area contributed by atoms with E-state index in [-0.39, 0.29) is 18.1 Å². The Morgan fingerprint density at radius 1 is 1.32 bits per heavy atom. The lowest BCUT2D eigenvalue weighted by Crippen LogP contribution is -2.56. The van der Waals surface area contributed by atoms with Gasteiger partial charge in [0.25, 0.3) is 0 Å². The third kappa shape index (κ3) is 7.05. The van der Waals surface area contributed by atoms with Crippen molar-refractivity contribution in [1.29, 1.82) is 0 Å². The summed E-state index contributed by atoms with van der Waals surface area (Å²) in [5, 5.41) is 12.1. The van der Waals surface area contributed by atoms with Crippen molar-refractivity contribution in [2.45, 2.75) is 39.2 Å². The van der Waals surface area contributed by atoms with Crippen LogP contribution < -0.4 is 5.32 Å². The molecule has 6 heteroatoms. The van der Waals surface area contributed by atoms with Crippen LogP contribution in [-0.4, -0.2) is 85.4 Å². The van der Waals surface area contributed by atoms with Crippen LogP contribution in [0.1, 0.15) is 33.6 Å². The Morgan fingerprint density at radius 3 is 2.59 bits per heavy atom. The highest BCUT2D eigenvalue weighted by Gasteiger charge is 2.28. The molecule has 0 aromatic heterocycles. The van der Waals surface area contributed by atoms with Gasteiger partial charge in [0.05, 0.1) is 26.4 Å². The van der Waals surface area contributed by atoms with Gasteiger partial charge in [-0.2, -0.15) is 0 Å². The van der Waals surface area contributed by atoms with Crippen molar-refractivity contribution in [2.75, 3.05) is 59.1 Å². The maximum Gasteiger partial charge on any atom is 0.234 e. The van der Waals surface area contributed by atoms with Gasteiger partial charge < -0.3 is 15.2 Å². The Morgan fingerprint density at radius 2 is 2.00 bits per heavy atom. The summed E-state index contributed by atoms with van der Waals surface area (Å²) in [5.74, 6) is 0.0332. The summed E-state index contributed by atoms with van der Waals surface area (Å²) < 4.78 is 5.38. The number of amides is 1. The Labute approximate surface area is 134 Å². The molecule has 1 fully saturated rings. The standard InChI is InChI=1S/C16H33N3O3/c1-4-5-6-18(7-10-20)13-15(21)17-14-16(2,3)19-8-11-22-12-9-19/h20H,4-14H2,1-3H3,(H,17,21). The summed E-state index contributed by atoms with van der Waals surface area (Å²) in [7, 11) is 0. The molecule has 2 N–H and O–H groups in total. The van der Waals surface area contributed by atoms with E-state index in [9.17, 15) is 4.79 Å². The van der Waals surface area contributed by atoms with Gasteiger partial charge in [-0.15, -0.1) is 0 Å². The molecule has 0 aromatic carbocycles. The minimum atomic E-state index is -0.0648. The lowest BCUT2D eigenvalue weighted by Gasteiger charge is -2.41. The molecule has 6 nitrogen and oxygen atoms in total. The first-order valence-corrected chi connectivity index (χ1v) is 8.42. The number of carbonyl (C=O) groups excluding carboxylic acids is 1. The van der Waals surface area contributed by atoms with Crippen molar-refractivity contribution in [2.24, 2.45) is 0 Å². The monoisotopic (exact) mass is 315 g/mol. The number of aliphatic hydroxyl groups is 1. The SMILES string of the molecule is CCCCN(CCO)CC(=O)NCC(C)(C)N1CCOCC1. The lowest BCUT2D eigenvalue weighted by molar-refractivity contribution is -0.123. The van der Waals surface area contributed by atoms with Gasteiger partial charge in [0.1, 0.15) is 0 Å². The second-order valence-corrected chi connectivity index (χ2v) is 6.54. The van der Waals surface area contributed by atoms with E-state index in [0.717, 1.165) is 45.7 Å². The molecule has 0 aliphatic carbocycles. The average molecular weight is 315 g/mol. The van der Waals surface area contributed by atoms with Crippen LogP contribution in [0.2, 0.25) is 0 Å². The fourth-order valence-electron chi connectivity index (χ4n) is 2.65. The van der Waals surface area contributed by atoms with Crippen molar-refractivity contribution in [1.82, 2.24) is 15.1 Å². The molecule has 22 heavy (non-hydrogen) atoms. The fourth-order valence-corrected chi connectivity index (χ4v) is 2.65. The molecule has 1 heterocycles. The summed E-state index contributed by atoms with van der Waals surface area (Å²) in [6.07, 6.45) is 2.14. The number of nitrogens with one attached hydrogen (secondary N) is 1. The van der Waals surface area contributed by atoms with Crippen molar-refractivity contribution < 1.29 is 14.6 Å². The maximum absolute atomic E-state index is 12.1. The summed E-state index contributed by atoms with van der Waals surface area (Å²) in [6, 6.07) is 0. The predicted octanol–water partition coefficient (Wildman–Crippen LogP) is 0.308. The number of hydrogen-bond acceptors (Lipinski definition) is 5. The topological polar surface area (TPSA) is 65.0 Å². The van der Waals surface area contributed by atoms with Gasteiger partial charge in [0, 0.05) is 31.7 Å². The van der Waals surface area contributed by atoms with Gasteiger partial charge >= 0.3 is 0 Å². The van der Waals surface area contributed by atoms with Crippen LogP contribution in [-0.2, 0) is 9.53 Å². The third-order valence-electron chi connectivity index (χ3n) is 4.20. The van der Waals surface area contributed by atoms with Crippen LogP contribution >= 0.6 is 0 Å². The fraction of sp³-hybridized carbons (Fsp3) is 0.938. The van der Waals surface area contributed by atoms with E-state index >= 15 is 0 Å². The normalized spacial score (nSPS) is 17.0. The Kier molecular flexibility index (Phi) is 8.93. The molecule has 0 bridgehead atoms. The number of morpholine rings is 1. The van der Waals surface area contributed by atoms with Crippen LogP contribution in [0.15, 0.2) is 0 Å². The average Bonchev–Trinajstić information content (AvgIpc) is 2.52. The molecular weight excluding hydrogens is 282 g/mol. The lowest BCUT2D eigenvalue weighted by atomic mass is 10.0. The Bertz CT molecular complexity index is 318. The maximum atomic E-state index is 12.1. The van der Waals surface area contributed by atoms with Crippen LogP contribution in [0, 0.1) is 0 Å². The summed E-state index contributed by atoms with van der Waals surface area (Å²) in [6.45, 7) is 12.3. The van der Waals surface area contributed by atoms with E-state index in [0.29, 0.717) is 19.6 Å². The quantitative estimate of drug-likeness (QED) is 0.607. The zero-order valence-corrected chi connectivity index (χ0v) is 14.4. The van der Waals surface area contributed by atoms with Crippen molar-refractivity contribution in [3.8, 4) is 0 Å². The Balaban J connectivity index is 2.36. The number of unbranched alkanes of at least 4 members (excludes halogenated alkanes) is 1. The highest BCUT2D eigenvalue weighted by molar-refractivity contribution is 5.78. The molecule has 0 radical (unpaired) electrons. The van der Waals surface area contributed by atoms with E-state index in [1.54, 1.807) is 0 Å². The summed E-state index contributed by atoms with van der Waals surface area (Å²) >= 11 is 0. The van der Waals surface area contributed by atoms with Crippen molar-refractivity contribution in [3.05, 3.63) is 0 Å². The molecule has 0 aromatic rings. The van der Waals surface area contributed by atoms with Crippen molar-refractivity contribution in [3.63, 3.8) is 0 Å². The number of nitrogens with zero attached hydrogens (tertiary/aromatic N) is 2. The van der Waals surface area contributed by atoms with Crippen LogP contribution in [0.3, 0.4) is 0 Å². The zero-order valence-electron chi connectivity index (χ0n) is 14.4. The highest BCUT2D eigenvalue weighted by atomic mass is 16.5. The van der Waals surface area contributed by atoms with E-state index in [4.69, 9.17) is 9.84 Å². The number of ether oxygens (including phenoxy) is 1. The number of rotatable bonds is 10. The van der Waals surface area contributed by atoms with Crippen molar-refractivity contribution >= 4 is 5.91 Å². The number of carbonyl (C=O) groups is 1. The summed E-state index contributed by atoms with van der Waals surface area (Å²) in [5.41, 5.74) is -0.0648. The molecule has 0 saturated carbocycles. The first-order chi connectivity index (χ1) is 10.5. The molecule has 1 saturated heterocycles. The van der Waals surface area contributed by atoms with Gasteiger partial charge in [0.2, 0.25) is 5.91 Å². The van der Waals surface area contributed by atoms with Crippen LogP contribution in [0.25, 0.3) is 0 Å². The second-order valence-electron chi connectivity index (χ2n) is 6.54. The molecule has 0 atom stereocenters. The third-order valence-corrected chi connectivity index (χ3v) is 4.20. The van der Waals surface area contributed by atoms with Gasteiger partial charge in [-0.05, 0) is 26.8 Å². The number of hydrogen-bond donors (Lipinski definition) is 2. The molecule has 1 rings (SSSR count). The van der Waals surface area contributed by atoms with Crippen LogP contribution in [0.5, 0.6) is 0 Å². The minimum Gasteiger partial charge on any atom is -0.395 e. The van der Waals surface area contributed by atoms with Crippen LogP contribution in [0.4, 0.5) is 0 Å². The minimum absolute atomic E-state index is 0.0332. The first-order valence-electron chi connectivity index (χ1n) is 8.42. The van der Waals surface area contributed by atoms with E-state index < -0.39 is 0 Å². The molecule has 1 aliphatic heterocycles. The Hall–Kier alpha value is -0.690. The molecule has 0 unspecified atom stereocenters. The highest BCUT2D eigenvalue weighted by Crippen LogP contribution is 2.15. The van der Waals surface area contributed by atoms with Gasteiger partial charge in [0.15, 0.2) is 0 Å². The first kappa shape index (κ1) is 19.4. The molecule has 0 spiro atoms. The molecule has 1 aliphatic rings. The van der Waals surface area contributed by atoms with Gasteiger partial charge in [-0.1, -0.05) is 13.3 Å². The number of aliphatic hydroxyl groups excluding tert-OH is 1. The predicted molar refractivity (Wildman–Crippen MR) is 87.9 cm³/mol. The van der Waals surface area contributed by atoms with E-state index in [1.165, 1.54) is 0 Å². The van der Waals surface area contributed by atoms with Gasteiger partial charge in [-0.3, -0.25) is 14.6 Å². The smallest absolute Gasteiger partial charge is 0.234 e. The van der Waals surface area contributed by atoms with Gasteiger partial charge in [-0.25, -0.2) is 0 Å². The van der Waals surface area contributed by atoms with E-state index in [2.05, 4.69) is 31.0 Å². The van der Waals surface area contributed by atoms with E-state index in [1.807, 2.05) is 4.90 Å². The molecule has 130 valence electrons. The molecule has 1 amide bonds. The second kappa shape index (κ2) is 10.2. The summed E-state index contributed by atoms with van der Waals surface area (Å²) in [4.78, 5) is 16.5. The largest absolute Gasteiger partial charge is 0.395 e. The molecular formula is C16H33N3O3. The zero-order chi connectivity index (χ0) is 16.4.